The number of nitrogens with two attached hydrogens (primary N) is 1. The lowest BCUT2D eigenvalue weighted by Gasteiger charge is -1.97. The van der Waals surface area contributed by atoms with E-state index in [9.17, 15) is 0 Å². The predicted octanol–water partition coefficient (Wildman–Crippen LogP) is 2.11. The number of halogens is 1. The van der Waals surface area contributed by atoms with E-state index in [1.807, 2.05) is 0 Å². The zero-order valence-electron chi connectivity index (χ0n) is 7.05. The van der Waals surface area contributed by atoms with Crippen LogP contribution >= 0.6 is 15.9 Å². The highest BCUT2D eigenvalue weighted by Crippen LogP contribution is 2.17. The van der Waals surface area contributed by atoms with Crippen molar-refractivity contribution in [1.82, 2.24) is 0 Å². The minimum absolute atomic E-state index is 0.170. The lowest BCUT2D eigenvalue weighted by Crippen LogP contribution is -1.88. The van der Waals surface area contributed by atoms with Gasteiger partial charge in [0.15, 0.2) is 0 Å². The van der Waals surface area contributed by atoms with Crippen molar-refractivity contribution in [2.45, 2.75) is 6.42 Å². The fourth-order valence-electron chi connectivity index (χ4n) is 0.869. The number of benzene rings is 1. The van der Waals surface area contributed by atoms with Gasteiger partial charge in [0.05, 0.1) is 5.69 Å². The summed E-state index contributed by atoms with van der Waals surface area (Å²) in [5, 5.41) is 9.93. The van der Waals surface area contributed by atoms with Crippen LogP contribution in [0.3, 0.4) is 0 Å². The summed E-state index contributed by atoms with van der Waals surface area (Å²) in [6.07, 6.45) is 0.792. The summed E-state index contributed by atoms with van der Waals surface area (Å²) < 4.78 is 0. The molecule has 3 N–H and O–H groups in total. The molecule has 1 aromatic carbocycles. The van der Waals surface area contributed by atoms with E-state index >= 15 is 0 Å². The Balaban J connectivity index is 2.85. The van der Waals surface area contributed by atoms with Crippen LogP contribution in [-0.4, -0.2) is 10.4 Å². The average Bonchev–Trinajstić information content (AvgIpc) is 2.09. The van der Waals surface area contributed by atoms with Gasteiger partial charge in [-0.2, -0.15) is 0 Å². The molecule has 3 heteroatoms. The minimum Gasteiger partial charge on any atom is -0.508 e. The zero-order valence-corrected chi connectivity index (χ0v) is 8.63. The summed E-state index contributed by atoms with van der Waals surface area (Å²) in [5.41, 5.74) is 6.91. The fraction of sp³-hybridized carbons (Fsp3) is 0.200. The molecule has 1 rings (SSSR count). The summed E-state index contributed by atoms with van der Waals surface area (Å²) in [4.78, 5) is 0. The highest BCUT2D eigenvalue weighted by molar-refractivity contribution is 9.09. The molecule has 0 atom stereocenters. The maximum Gasteiger partial charge on any atom is 0.117 e. The molecular formula is C10H10BrNO. The summed E-state index contributed by atoms with van der Waals surface area (Å²) >= 11 is 3.28. The maximum atomic E-state index is 9.07. The Morgan fingerprint density at radius 3 is 2.85 bits per heavy atom. The molecule has 0 saturated heterocycles. The molecular weight excluding hydrogens is 230 g/mol. The van der Waals surface area contributed by atoms with Crippen molar-refractivity contribution in [3.8, 4) is 17.6 Å². The number of nitrogen functional groups attached to an aromatic ring is 1. The van der Waals surface area contributed by atoms with Crippen molar-refractivity contribution in [3.05, 3.63) is 23.8 Å². The van der Waals surface area contributed by atoms with E-state index in [-0.39, 0.29) is 5.75 Å². The van der Waals surface area contributed by atoms with Crippen LogP contribution in [0.15, 0.2) is 18.2 Å². The molecule has 1 aromatic rings. The van der Waals surface area contributed by atoms with Crippen molar-refractivity contribution < 1.29 is 5.11 Å². The first-order valence-electron chi connectivity index (χ1n) is 3.87. The number of hydrogen-bond acceptors (Lipinski definition) is 2. The first-order valence-corrected chi connectivity index (χ1v) is 4.99. The molecule has 0 saturated carbocycles. The molecule has 0 aliphatic heterocycles. The van der Waals surface area contributed by atoms with E-state index in [1.165, 1.54) is 6.07 Å². The third-order valence-electron chi connectivity index (χ3n) is 1.48. The quantitative estimate of drug-likeness (QED) is 0.448. The number of alkyl halides is 1. The molecule has 0 aromatic heterocycles. The van der Waals surface area contributed by atoms with Crippen LogP contribution in [-0.2, 0) is 0 Å². The summed E-state index contributed by atoms with van der Waals surface area (Å²) in [5.74, 6) is 6.05. The van der Waals surface area contributed by atoms with Crippen LogP contribution in [0.25, 0.3) is 0 Å². The molecule has 13 heavy (non-hydrogen) atoms. The molecule has 0 aliphatic rings. The Kier molecular flexibility index (Phi) is 3.66. The van der Waals surface area contributed by atoms with Gasteiger partial charge in [0.25, 0.3) is 0 Å². The monoisotopic (exact) mass is 239 g/mol. The zero-order chi connectivity index (χ0) is 9.68. The number of hydrogen-bond donors (Lipinski definition) is 2. The summed E-state index contributed by atoms with van der Waals surface area (Å²) in [7, 11) is 0. The van der Waals surface area contributed by atoms with Gasteiger partial charge in [0.2, 0.25) is 0 Å². The van der Waals surface area contributed by atoms with Crippen LogP contribution in [0, 0.1) is 11.8 Å². The Bertz CT molecular complexity index is 352. The van der Waals surface area contributed by atoms with Gasteiger partial charge in [0.1, 0.15) is 5.75 Å². The maximum absolute atomic E-state index is 9.07. The van der Waals surface area contributed by atoms with Crippen molar-refractivity contribution in [2.75, 3.05) is 11.1 Å². The molecule has 0 spiro atoms. The van der Waals surface area contributed by atoms with Gasteiger partial charge in [-0.25, -0.2) is 0 Å². The second-order valence-electron chi connectivity index (χ2n) is 2.51. The number of rotatable bonds is 1. The largest absolute Gasteiger partial charge is 0.508 e. The van der Waals surface area contributed by atoms with Gasteiger partial charge in [-0.15, -0.1) is 0 Å². The Hall–Kier alpha value is -1.14. The van der Waals surface area contributed by atoms with Crippen LogP contribution in [0.5, 0.6) is 5.75 Å². The van der Waals surface area contributed by atoms with E-state index in [2.05, 4.69) is 27.8 Å². The second-order valence-corrected chi connectivity index (χ2v) is 3.31. The first-order chi connectivity index (χ1) is 6.24. The number of phenols is 1. The summed E-state index contributed by atoms with van der Waals surface area (Å²) in [6, 6.07) is 4.79. The van der Waals surface area contributed by atoms with Crippen molar-refractivity contribution in [1.29, 1.82) is 0 Å². The van der Waals surface area contributed by atoms with Crippen molar-refractivity contribution in [2.24, 2.45) is 0 Å². The lowest BCUT2D eigenvalue weighted by atomic mass is 10.2. The topological polar surface area (TPSA) is 46.2 Å². The number of anilines is 1. The minimum atomic E-state index is 0.170. The van der Waals surface area contributed by atoms with Crippen LogP contribution in [0.1, 0.15) is 12.0 Å². The van der Waals surface area contributed by atoms with Gasteiger partial charge in [0, 0.05) is 23.4 Å². The SMILES string of the molecule is Nc1cc(O)ccc1C#CCCBr. The van der Waals surface area contributed by atoms with E-state index in [4.69, 9.17) is 10.8 Å². The molecule has 0 heterocycles. The van der Waals surface area contributed by atoms with Crippen LogP contribution in [0.2, 0.25) is 0 Å². The molecule has 0 unspecified atom stereocenters. The third kappa shape index (κ3) is 3.00. The third-order valence-corrected chi connectivity index (χ3v) is 1.87. The fourth-order valence-corrected chi connectivity index (χ4v) is 1.07. The molecule has 0 aliphatic carbocycles. The molecule has 0 fully saturated rings. The second kappa shape index (κ2) is 4.78. The molecule has 0 amide bonds. The normalized spacial score (nSPS) is 9.00. The van der Waals surface area contributed by atoms with E-state index < -0.39 is 0 Å². The molecule has 2 nitrogen and oxygen atoms in total. The van der Waals surface area contributed by atoms with Gasteiger partial charge in [-0.1, -0.05) is 27.8 Å². The standard InChI is InChI=1S/C10H10BrNO/c11-6-2-1-3-8-4-5-9(13)7-10(8)12/h4-5,7,13H,2,6,12H2. The lowest BCUT2D eigenvalue weighted by molar-refractivity contribution is 0.475. The average molecular weight is 240 g/mol. The Morgan fingerprint density at radius 2 is 2.23 bits per heavy atom. The van der Waals surface area contributed by atoms with E-state index in [1.54, 1.807) is 12.1 Å². The van der Waals surface area contributed by atoms with Gasteiger partial charge < -0.3 is 10.8 Å². The molecule has 0 bridgehead atoms. The Labute approximate surface area is 85.9 Å². The van der Waals surface area contributed by atoms with E-state index in [0.29, 0.717) is 5.69 Å². The smallest absolute Gasteiger partial charge is 0.117 e. The molecule has 68 valence electrons. The van der Waals surface area contributed by atoms with Gasteiger partial charge >= 0.3 is 0 Å². The highest BCUT2D eigenvalue weighted by atomic mass is 79.9. The van der Waals surface area contributed by atoms with Crippen LogP contribution < -0.4 is 5.73 Å². The molecule has 0 radical (unpaired) electrons. The van der Waals surface area contributed by atoms with Crippen molar-refractivity contribution >= 4 is 21.6 Å². The predicted molar refractivity (Wildman–Crippen MR) is 57.8 cm³/mol. The van der Waals surface area contributed by atoms with Gasteiger partial charge in [-0.05, 0) is 12.1 Å². The Morgan fingerprint density at radius 1 is 1.46 bits per heavy atom. The highest BCUT2D eigenvalue weighted by Gasteiger charge is 1.95. The van der Waals surface area contributed by atoms with E-state index in [0.717, 1.165) is 17.3 Å². The summed E-state index contributed by atoms with van der Waals surface area (Å²) in [6.45, 7) is 0. The van der Waals surface area contributed by atoms with Gasteiger partial charge in [-0.3, -0.25) is 0 Å². The number of aromatic hydroxyl groups is 1. The van der Waals surface area contributed by atoms with Crippen molar-refractivity contribution in [3.63, 3.8) is 0 Å². The first kappa shape index (κ1) is 9.94. The number of phenolic OH excluding ortho intramolecular Hbond substituents is 1. The van der Waals surface area contributed by atoms with Crippen LogP contribution in [0.4, 0.5) is 5.69 Å².